The number of hydrogen-bond acceptors (Lipinski definition) is 1. The minimum absolute atomic E-state index is 0.599. The summed E-state index contributed by atoms with van der Waals surface area (Å²) in [5.74, 6) is 0. The Morgan fingerprint density at radius 2 is 2.50 bits per heavy atom. The summed E-state index contributed by atoms with van der Waals surface area (Å²) >= 11 is -1.04. The van der Waals surface area contributed by atoms with Crippen LogP contribution in [0, 0.1) is 0 Å². The van der Waals surface area contributed by atoms with Crippen LogP contribution in [-0.2, 0) is 34.1 Å². The molecule has 1 atom stereocenters. The Morgan fingerprint density at radius 1 is 2.00 bits per heavy atom. The van der Waals surface area contributed by atoms with Crippen molar-refractivity contribution in [1.82, 2.24) is 0 Å². The van der Waals surface area contributed by atoms with Gasteiger partial charge >= 0.3 is 56.1 Å². The zero-order chi connectivity index (χ0) is 4.99. The van der Waals surface area contributed by atoms with E-state index in [2.05, 4.69) is 0 Å². The Hall–Kier alpha value is 1.38. The Bertz CT molecular complexity index is 57.5. The van der Waals surface area contributed by atoms with E-state index in [9.17, 15) is 4.21 Å². The number of rotatable bonds is 2. The molecule has 0 aliphatic heterocycles. The van der Waals surface area contributed by atoms with Gasteiger partial charge in [-0.3, -0.25) is 0 Å². The average Bonchev–Trinajstić information content (AvgIpc) is 1.35. The average molecular weight is 313 g/mol. The van der Waals surface area contributed by atoms with Crippen molar-refractivity contribution in [2.75, 3.05) is 9.52 Å². The Kier molecular flexibility index (Phi) is 5.57. The molecule has 4 heteroatoms. The monoisotopic (exact) mass is 314 g/mol. The molecule has 0 N–H and O–H groups in total. The van der Waals surface area contributed by atoms with Gasteiger partial charge < -0.3 is 0 Å². The fourth-order valence-electron chi connectivity index (χ4n) is 0.109. The van der Waals surface area contributed by atoms with Crippen LogP contribution in [0.3, 0.4) is 0 Å². The molecule has 0 amide bonds. The van der Waals surface area contributed by atoms with Gasteiger partial charge in [0.2, 0.25) is 0 Å². The van der Waals surface area contributed by atoms with Crippen LogP contribution in [0.4, 0.5) is 0 Å². The van der Waals surface area contributed by atoms with Gasteiger partial charge in [-0.15, -0.1) is 0 Å². The topological polar surface area (TPSA) is 17.1 Å². The van der Waals surface area contributed by atoms with E-state index in [1.54, 1.807) is 6.26 Å². The molecule has 0 heterocycles. The second-order valence-corrected chi connectivity index (χ2v) is 12.1. The van der Waals surface area contributed by atoms with Crippen LogP contribution < -0.4 is 0 Å². The number of halogens is 1. The van der Waals surface area contributed by atoms with Gasteiger partial charge in [-0.25, -0.2) is 0 Å². The Labute approximate surface area is 55.8 Å². The van der Waals surface area contributed by atoms with Crippen molar-refractivity contribution < 1.29 is 27.5 Å². The zero-order valence-electron chi connectivity index (χ0n) is 3.61. The predicted molar refractivity (Wildman–Crippen MR) is 24.8 cm³/mol. The van der Waals surface area contributed by atoms with E-state index < -0.39 is 34.1 Å². The van der Waals surface area contributed by atoms with Gasteiger partial charge in [0.05, 0.1) is 0 Å². The molecule has 0 aliphatic rings. The predicted octanol–water partition coefficient (Wildman–Crippen LogP) is 0.559. The zero-order valence-corrected chi connectivity index (χ0v) is 10.7. The van der Waals surface area contributed by atoms with Gasteiger partial charge in [0, 0.05) is 0 Å². The molecule has 0 radical (unpaired) electrons. The SMILES string of the molecule is CS(=O)[CH2][Hg][Cl]. The molecule has 34 valence electrons. The fraction of sp³-hybridized carbons (Fsp3) is 1.00. The molecule has 1 nitrogen and oxygen atoms in total. The summed E-state index contributed by atoms with van der Waals surface area (Å²) in [5.41, 5.74) is 0. The molecule has 0 aromatic heterocycles. The molecular formula is C2H5ClHgOS. The van der Waals surface area contributed by atoms with E-state index in [1.807, 2.05) is 0 Å². The van der Waals surface area contributed by atoms with Crippen molar-refractivity contribution in [1.29, 1.82) is 0 Å². The fourth-order valence-corrected chi connectivity index (χ4v) is 8.58. The van der Waals surface area contributed by atoms with Crippen molar-refractivity contribution in [2.45, 2.75) is 0 Å². The normalized spacial score (nSPS) is 13.0. The van der Waals surface area contributed by atoms with Crippen molar-refractivity contribution in [2.24, 2.45) is 0 Å². The van der Waals surface area contributed by atoms with Crippen molar-refractivity contribution in [3.63, 3.8) is 0 Å². The summed E-state index contributed by atoms with van der Waals surface area (Å²) in [7, 11) is 4.83. The van der Waals surface area contributed by atoms with Gasteiger partial charge in [0.1, 0.15) is 0 Å². The van der Waals surface area contributed by atoms with Gasteiger partial charge in [0.25, 0.3) is 0 Å². The standard InChI is InChI=1S/C2H5OS.ClH.Hg/c1-4(2)3;;/h1H2,2H3;1H;/q;;+1/p-1. The van der Waals surface area contributed by atoms with Crippen LogP contribution in [0.5, 0.6) is 0 Å². The maximum atomic E-state index is 10.1. The first-order chi connectivity index (χ1) is 2.77. The molecule has 0 bridgehead atoms. The molecule has 0 aliphatic carbocycles. The second kappa shape index (κ2) is 4.53. The van der Waals surface area contributed by atoms with Gasteiger partial charge in [-0.05, 0) is 0 Å². The summed E-state index contributed by atoms with van der Waals surface area (Å²) in [6.07, 6.45) is 1.70. The molecule has 0 saturated carbocycles. The van der Waals surface area contributed by atoms with Gasteiger partial charge in [-0.2, -0.15) is 0 Å². The molecule has 0 aromatic rings. The van der Waals surface area contributed by atoms with Gasteiger partial charge in [-0.1, -0.05) is 0 Å². The van der Waals surface area contributed by atoms with Crippen molar-refractivity contribution in [3.05, 3.63) is 0 Å². The van der Waals surface area contributed by atoms with Crippen LogP contribution in [-0.4, -0.2) is 13.7 Å². The third-order valence-corrected chi connectivity index (χ3v) is 13.7. The summed E-state index contributed by atoms with van der Waals surface area (Å²) in [6.45, 7) is 0. The quantitative estimate of drug-likeness (QED) is 0.681. The van der Waals surface area contributed by atoms with Crippen LogP contribution >= 0.6 is 8.25 Å². The molecular weight excluding hydrogens is 308 g/mol. The Balaban J connectivity index is 2.83. The van der Waals surface area contributed by atoms with E-state index in [0.29, 0.717) is 0 Å². The third kappa shape index (κ3) is 5.38. The van der Waals surface area contributed by atoms with E-state index >= 15 is 0 Å². The van der Waals surface area contributed by atoms with E-state index in [1.165, 1.54) is 0 Å². The van der Waals surface area contributed by atoms with Crippen LogP contribution in [0.1, 0.15) is 0 Å². The third-order valence-electron chi connectivity index (χ3n) is 0.365. The van der Waals surface area contributed by atoms with Gasteiger partial charge in [0.15, 0.2) is 0 Å². The molecule has 0 fully saturated rings. The molecule has 0 rings (SSSR count). The van der Waals surface area contributed by atoms with Crippen molar-refractivity contribution >= 4 is 19.0 Å². The molecule has 0 saturated heterocycles. The Morgan fingerprint density at radius 3 is 2.50 bits per heavy atom. The van der Waals surface area contributed by atoms with Crippen LogP contribution in [0.15, 0.2) is 0 Å². The first kappa shape index (κ1) is 7.38. The van der Waals surface area contributed by atoms with Crippen LogP contribution in [0.2, 0.25) is 0 Å². The number of hydrogen-bond donors (Lipinski definition) is 0. The summed E-state index contributed by atoms with van der Waals surface area (Å²) < 4.78 is 11.0. The van der Waals surface area contributed by atoms with E-state index in [4.69, 9.17) is 8.25 Å². The molecule has 6 heavy (non-hydrogen) atoms. The minimum atomic E-state index is -1.04. The molecule has 1 unspecified atom stereocenters. The first-order valence-corrected chi connectivity index (χ1v) is 14.0. The second-order valence-electron chi connectivity index (χ2n) is 0.966. The van der Waals surface area contributed by atoms with E-state index in [-0.39, 0.29) is 0 Å². The molecule has 0 aromatic carbocycles. The summed E-state index contributed by atoms with van der Waals surface area (Å²) in [4.78, 5) is 0. The molecule has 0 spiro atoms. The summed E-state index contributed by atoms with van der Waals surface area (Å²) in [5, 5.41) is 0. The summed E-state index contributed by atoms with van der Waals surface area (Å²) in [6, 6.07) is 0. The van der Waals surface area contributed by atoms with Crippen molar-refractivity contribution in [3.8, 4) is 0 Å². The maximum absolute atomic E-state index is 10.1. The van der Waals surface area contributed by atoms with Crippen LogP contribution in [0.25, 0.3) is 0 Å². The first-order valence-electron chi connectivity index (χ1n) is 1.63. The van der Waals surface area contributed by atoms with E-state index in [0.717, 1.165) is 3.26 Å².